The van der Waals surface area contributed by atoms with E-state index in [2.05, 4.69) is 14.9 Å². The predicted octanol–water partition coefficient (Wildman–Crippen LogP) is 2.43. The first-order valence-electron chi connectivity index (χ1n) is 6.81. The fraction of sp³-hybridized carbons (Fsp3) is 0.571. The summed E-state index contributed by atoms with van der Waals surface area (Å²) in [5.41, 5.74) is 7.11. The molecule has 2 N–H and O–H groups in total. The zero-order valence-electron chi connectivity index (χ0n) is 11.3. The summed E-state index contributed by atoms with van der Waals surface area (Å²) in [5.74, 6) is 0.702. The van der Waals surface area contributed by atoms with Crippen LogP contribution in [-0.2, 0) is 6.42 Å². The van der Waals surface area contributed by atoms with E-state index in [4.69, 9.17) is 5.73 Å². The van der Waals surface area contributed by atoms with Gasteiger partial charge in [0.05, 0.1) is 0 Å². The Balaban J connectivity index is 0.00000180. The highest BCUT2D eigenvalue weighted by molar-refractivity contribution is 14.0. The number of hydrogen-bond acceptors (Lipinski definition) is 2. The van der Waals surface area contributed by atoms with Crippen molar-refractivity contribution in [1.82, 2.24) is 9.88 Å². The second-order valence-corrected chi connectivity index (χ2v) is 4.71. The molecule has 4 nitrogen and oxygen atoms in total. The lowest BCUT2D eigenvalue weighted by Gasteiger charge is -2.21. The molecule has 0 radical (unpaired) electrons. The van der Waals surface area contributed by atoms with Crippen molar-refractivity contribution in [2.24, 2.45) is 10.7 Å². The Labute approximate surface area is 132 Å². The molecule has 1 aromatic heterocycles. The standard InChI is InChI=1S/C14H22N4.HI/c15-14(18-11-5-1-2-6-12-18)17-10-8-13-7-3-4-9-16-13;/h3-4,7,9H,1-2,5-6,8,10-12H2,(H2,15,17);1H. The van der Waals surface area contributed by atoms with Gasteiger partial charge in [0.2, 0.25) is 0 Å². The summed E-state index contributed by atoms with van der Waals surface area (Å²) in [6.07, 6.45) is 7.77. The molecule has 1 aromatic rings. The normalized spacial score (nSPS) is 16.6. The lowest BCUT2D eigenvalue weighted by atomic mass is 10.2. The van der Waals surface area contributed by atoms with Crippen LogP contribution in [0.3, 0.4) is 0 Å². The van der Waals surface area contributed by atoms with Crippen LogP contribution >= 0.6 is 24.0 Å². The Kier molecular flexibility index (Phi) is 7.78. The van der Waals surface area contributed by atoms with E-state index in [1.165, 1.54) is 25.7 Å². The molecule has 2 heterocycles. The second-order valence-electron chi connectivity index (χ2n) is 4.71. The van der Waals surface area contributed by atoms with Crippen molar-refractivity contribution in [3.05, 3.63) is 30.1 Å². The van der Waals surface area contributed by atoms with Crippen LogP contribution in [0.15, 0.2) is 29.4 Å². The van der Waals surface area contributed by atoms with Crippen molar-refractivity contribution in [3.8, 4) is 0 Å². The van der Waals surface area contributed by atoms with E-state index >= 15 is 0 Å². The third-order valence-electron chi connectivity index (χ3n) is 3.30. The first kappa shape index (κ1) is 16.2. The Hall–Kier alpha value is -0.850. The first-order valence-corrected chi connectivity index (χ1v) is 6.81. The highest BCUT2D eigenvalue weighted by Gasteiger charge is 2.10. The number of aromatic nitrogens is 1. The number of nitrogens with two attached hydrogens (primary N) is 1. The highest BCUT2D eigenvalue weighted by atomic mass is 127. The zero-order chi connectivity index (χ0) is 12.6. The van der Waals surface area contributed by atoms with Gasteiger partial charge in [0, 0.05) is 37.9 Å². The average molecular weight is 374 g/mol. The summed E-state index contributed by atoms with van der Waals surface area (Å²) in [6.45, 7) is 2.83. The maximum atomic E-state index is 6.04. The van der Waals surface area contributed by atoms with Crippen molar-refractivity contribution in [2.75, 3.05) is 19.6 Å². The maximum Gasteiger partial charge on any atom is 0.191 e. The SMILES string of the molecule is I.NC(=NCCc1ccccn1)N1CCCCCC1. The number of nitrogens with zero attached hydrogens (tertiary/aromatic N) is 3. The molecular weight excluding hydrogens is 351 g/mol. The summed E-state index contributed by atoms with van der Waals surface area (Å²) >= 11 is 0. The molecule has 0 aromatic carbocycles. The molecule has 0 amide bonds. The van der Waals surface area contributed by atoms with Crippen molar-refractivity contribution in [3.63, 3.8) is 0 Å². The van der Waals surface area contributed by atoms with Crippen molar-refractivity contribution in [2.45, 2.75) is 32.1 Å². The number of pyridine rings is 1. The third kappa shape index (κ3) is 5.76. The molecule has 0 spiro atoms. The van der Waals surface area contributed by atoms with Gasteiger partial charge in [0.25, 0.3) is 0 Å². The van der Waals surface area contributed by atoms with Crippen LogP contribution in [0.25, 0.3) is 0 Å². The summed E-state index contributed by atoms with van der Waals surface area (Å²) in [7, 11) is 0. The Morgan fingerprint density at radius 2 is 1.95 bits per heavy atom. The van der Waals surface area contributed by atoms with Crippen LogP contribution in [0.4, 0.5) is 0 Å². The molecule has 0 atom stereocenters. The molecule has 1 aliphatic rings. The van der Waals surface area contributed by atoms with E-state index in [1.807, 2.05) is 24.4 Å². The summed E-state index contributed by atoms with van der Waals surface area (Å²) < 4.78 is 0. The van der Waals surface area contributed by atoms with Crippen LogP contribution in [0.1, 0.15) is 31.4 Å². The molecular formula is C14H23IN4. The van der Waals surface area contributed by atoms with Gasteiger partial charge in [0.15, 0.2) is 5.96 Å². The Bertz CT molecular complexity index is 372. The molecule has 1 fully saturated rings. The number of guanidine groups is 1. The molecule has 1 saturated heterocycles. The zero-order valence-corrected chi connectivity index (χ0v) is 13.6. The van der Waals surface area contributed by atoms with E-state index in [0.29, 0.717) is 5.96 Å². The van der Waals surface area contributed by atoms with Gasteiger partial charge in [-0.3, -0.25) is 9.98 Å². The van der Waals surface area contributed by atoms with Crippen LogP contribution in [-0.4, -0.2) is 35.5 Å². The van der Waals surface area contributed by atoms with Gasteiger partial charge in [-0.15, -0.1) is 24.0 Å². The molecule has 1 aliphatic heterocycles. The third-order valence-corrected chi connectivity index (χ3v) is 3.30. The Morgan fingerprint density at radius 3 is 2.58 bits per heavy atom. The monoisotopic (exact) mass is 374 g/mol. The molecule has 0 bridgehead atoms. The van der Waals surface area contributed by atoms with E-state index in [9.17, 15) is 0 Å². The van der Waals surface area contributed by atoms with E-state index in [1.54, 1.807) is 0 Å². The summed E-state index contributed by atoms with van der Waals surface area (Å²) in [4.78, 5) is 11.0. The van der Waals surface area contributed by atoms with Crippen molar-refractivity contribution in [1.29, 1.82) is 0 Å². The quantitative estimate of drug-likeness (QED) is 0.502. The lowest BCUT2D eigenvalue weighted by Crippen LogP contribution is -2.38. The smallest absolute Gasteiger partial charge is 0.191 e. The maximum absolute atomic E-state index is 6.04. The fourth-order valence-corrected chi connectivity index (χ4v) is 2.23. The fourth-order valence-electron chi connectivity index (χ4n) is 2.23. The lowest BCUT2D eigenvalue weighted by molar-refractivity contribution is 0.428. The van der Waals surface area contributed by atoms with Gasteiger partial charge in [-0.2, -0.15) is 0 Å². The molecule has 19 heavy (non-hydrogen) atoms. The largest absolute Gasteiger partial charge is 0.370 e. The number of likely N-dealkylation sites (tertiary alicyclic amines) is 1. The molecule has 0 saturated carbocycles. The molecule has 0 aliphatic carbocycles. The Morgan fingerprint density at radius 1 is 1.21 bits per heavy atom. The van der Waals surface area contributed by atoms with Gasteiger partial charge in [0.1, 0.15) is 0 Å². The minimum atomic E-state index is 0. The molecule has 5 heteroatoms. The second kappa shape index (κ2) is 9.12. The first-order chi connectivity index (χ1) is 8.86. The number of rotatable bonds is 3. The van der Waals surface area contributed by atoms with Crippen LogP contribution < -0.4 is 5.73 Å². The molecule has 2 rings (SSSR count). The number of aliphatic imine (C=N–C) groups is 1. The van der Waals surface area contributed by atoms with E-state index < -0.39 is 0 Å². The average Bonchev–Trinajstić information content (AvgIpc) is 2.69. The van der Waals surface area contributed by atoms with Crippen LogP contribution in [0, 0.1) is 0 Å². The van der Waals surface area contributed by atoms with E-state index in [0.717, 1.165) is 31.7 Å². The highest BCUT2D eigenvalue weighted by Crippen LogP contribution is 2.09. The van der Waals surface area contributed by atoms with Gasteiger partial charge in [-0.25, -0.2) is 0 Å². The predicted molar refractivity (Wildman–Crippen MR) is 89.9 cm³/mol. The van der Waals surface area contributed by atoms with Gasteiger partial charge < -0.3 is 10.6 Å². The van der Waals surface area contributed by atoms with Gasteiger partial charge in [-0.1, -0.05) is 18.9 Å². The topological polar surface area (TPSA) is 54.5 Å². The van der Waals surface area contributed by atoms with Gasteiger partial charge in [-0.05, 0) is 25.0 Å². The minimum Gasteiger partial charge on any atom is -0.370 e. The minimum absolute atomic E-state index is 0. The van der Waals surface area contributed by atoms with Crippen molar-refractivity contribution >= 4 is 29.9 Å². The van der Waals surface area contributed by atoms with Crippen LogP contribution in [0.5, 0.6) is 0 Å². The molecule has 0 unspecified atom stereocenters. The van der Waals surface area contributed by atoms with Crippen molar-refractivity contribution < 1.29 is 0 Å². The number of halogens is 1. The van der Waals surface area contributed by atoms with E-state index in [-0.39, 0.29) is 24.0 Å². The molecule has 106 valence electrons. The van der Waals surface area contributed by atoms with Gasteiger partial charge >= 0.3 is 0 Å². The van der Waals surface area contributed by atoms with Crippen LogP contribution in [0.2, 0.25) is 0 Å². The summed E-state index contributed by atoms with van der Waals surface area (Å²) in [5, 5.41) is 0. The summed E-state index contributed by atoms with van der Waals surface area (Å²) in [6, 6.07) is 5.96. The number of hydrogen-bond donors (Lipinski definition) is 1.